The minimum absolute atomic E-state index is 0.169. The van der Waals surface area contributed by atoms with Crippen molar-refractivity contribution in [3.63, 3.8) is 0 Å². The molecular formula is C19H18ClN3O3S. The van der Waals surface area contributed by atoms with Gasteiger partial charge in [0, 0.05) is 18.0 Å². The first-order chi connectivity index (χ1) is 13.1. The van der Waals surface area contributed by atoms with Crippen LogP contribution in [-0.2, 0) is 4.79 Å². The number of hydrogen-bond acceptors (Lipinski definition) is 6. The van der Waals surface area contributed by atoms with Crippen LogP contribution >= 0.6 is 22.9 Å². The van der Waals surface area contributed by atoms with Crippen molar-refractivity contribution in [3.05, 3.63) is 52.9 Å². The SMILES string of the molecule is CNc1nc(-c2ccc(OC)c(NC(=O)COc3ccccc3Cl)c2)cs1. The molecule has 0 aliphatic rings. The Morgan fingerprint density at radius 2 is 2.04 bits per heavy atom. The Bertz CT molecular complexity index is 945. The number of para-hydroxylation sites is 1. The molecule has 0 bridgehead atoms. The molecule has 0 fully saturated rings. The lowest BCUT2D eigenvalue weighted by atomic mass is 10.1. The number of anilines is 2. The Labute approximate surface area is 166 Å². The molecule has 27 heavy (non-hydrogen) atoms. The monoisotopic (exact) mass is 403 g/mol. The second-order valence-corrected chi connectivity index (χ2v) is 6.74. The average Bonchev–Trinajstić information content (AvgIpc) is 3.16. The van der Waals surface area contributed by atoms with Crippen LogP contribution in [0.4, 0.5) is 10.8 Å². The molecule has 0 unspecified atom stereocenters. The zero-order valence-electron chi connectivity index (χ0n) is 14.8. The first-order valence-corrected chi connectivity index (χ1v) is 9.35. The zero-order valence-corrected chi connectivity index (χ0v) is 16.4. The molecule has 1 aromatic heterocycles. The standard InChI is InChI=1S/C19H18ClN3O3S/c1-21-19-23-15(11-27-19)12-7-8-17(25-2)14(9-12)22-18(24)10-26-16-6-4-3-5-13(16)20/h3-9,11H,10H2,1-2H3,(H,21,23)(H,22,24). The first kappa shape index (κ1) is 19.0. The highest BCUT2D eigenvalue weighted by Gasteiger charge is 2.12. The molecule has 0 saturated heterocycles. The summed E-state index contributed by atoms with van der Waals surface area (Å²) in [6.45, 7) is -0.169. The van der Waals surface area contributed by atoms with Gasteiger partial charge in [-0.15, -0.1) is 11.3 Å². The maximum absolute atomic E-state index is 12.3. The summed E-state index contributed by atoms with van der Waals surface area (Å²) in [6, 6.07) is 12.5. The van der Waals surface area contributed by atoms with Crippen LogP contribution in [0.3, 0.4) is 0 Å². The average molecular weight is 404 g/mol. The fraction of sp³-hybridized carbons (Fsp3) is 0.158. The van der Waals surface area contributed by atoms with Crippen LogP contribution in [-0.4, -0.2) is 31.7 Å². The van der Waals surface area contributed by atoms with Crippen molar-refractivity contribution in [2.24, 2.45) is 0 Å². The molecule has 6 nitrogen and oxygen atoms in total. The number of carbonyl (C=O) groups excluding carboxylic acids is 1. The van der Waals surface area contributed by atoms with Gasteiger partial charge in [0.1, 0.15) is 11.5 Å². The Morgan fingerprint density at radius 1 is 1.22 bits per heavy atom. The number of aromatic nitrogens is 1. The summed E-state index contributed by atoms with van der Waals surface area (Å²) >= 11 is 7.54. The molecule has 3 rings (SSSR count). The Balaban J connectivity index is 1.73. The van der Waals surface area contributed by atoms with Gasteiger partial charge in [0.15, 0.2) is 11.7 Å². The minimum atomic E-state index is -0.320. The molecule has 0 atom stereocenters. The number of benzene rings is 2. The van der Waals surface area contributed by atoms with E-state index in [0.717, 1.165) is 16.4 Å². The third-order valence-corrected chi connectivity index (χ3v) is 4.85. The third-order valence-electron chi connectivity index (χ3n) is 3.68. The van der Waals surface area contributed by atoms with E-state index in [1.807, 2.05) is 24.6 Å². The highest BCUT2D eigenvalue weighted by Crippen LogP contribution is 2.32. The summed E-state index contributed by atoms with van der Waals surface area (Å²) in [5.74, 6) is 0.686. The topological polar surface area (TPSA) is 72.5 Å². The lowest BCUT2D eigenvalue weighted by Crippen LogP contribution is -2.20. The Morgan fingerprint density at radius 3 is 2.74 bits per heavy atom. The number of halogens is 1. The van der Waals surface area contributed by atoms with Crippen molar-refractivity contribution in [1.82, 2.24) is 4.98 Å². The molecule has 2 aromatic carbocycles. The Kier molecular flexibility index (Phi) is 6.16. The van der Waals surface area contributed by atoms with E-state index in [4.69, 9.17) is 21.1 Å². The number of nitrogens with zero attached hydrogens (tertiary/aromatic N) is 1. The molecule has 1 amide bonds. The maximum atomic E-state index is 12.3. The van der Waals surface area contributed by atoms with Gasteiger partial charge >= 0.3 is 0 Å². The quantitative estimate of drug-likeness (QED) is 0.606. The summed E-state index contributed by atoms with van der Waals surface area (Å²) in [6.07, 6.45) is 0. The zero-order chi connectivity index (χ0) is 19.2. The van der Waals surface area contributed by atoms with E-state index >= 15 is 0 Å². The number of carbonyl (C=O) groups is 1. The van der Waals surface area contributed by atoms with Crippen LogP contribution in [0.1, 0.15) is 0 Å². The summed E-state index contributed by atoms with van der Waals surface area (Å²) in [7, 11) is 3.37. The molecule has 0 aliphatic heterocycles. The highest BCUT2D eigenvalue weighted by atomic mass is 35.5. The van der Waals surface area contributed by atoms with Crippen LogP contribution in [0.15, 0.2) is 47.8 Å². The molecule has 2 N–H and O–H groups in total. The van der Waals surface area contributed by atoms with Crippen molar-refractivity contribution in [2.45, 2.75) is 0 Å². The number of methoxy groups -OCH3 is 1. The van der Waals surface area contributed by atoms with E-state index in [2.05, 4.69) is 15.6 Å². The summed E-state index contributed by atoms with van der Waals surface area (Å²) in [5, 5.41) is 9.03. The van der Waals surface area contributed by atoms with Gasteiger partial charge in [-0.25, -0.2) is 4.98 Å². The molecule has 0 spiro atoms. The van der Waals surface area contributed by atoms with Crippen LogP contribution in [0, 0.1) is 0 Å². The van der Waals surface area contributed by atoms with E-state index < -0.39 is 0 Å². The van der Waals surface area contributed by atoms with E-state index in [-0.39, 0.29) is 12.5 Å². The normalized spacial score (nSPS) is 10.3. The molecule has 0 saturated carbocycles. The van der Waals surface area contributed by atoms with Gasteiger partial charge < -0.3 is 20.1 Å². The van der Waals surface area contributed by atoms with Gasteiger partial charge in [-0.3, -0.25) is 4.79 Å². The van der Waals surface area contributed by atoms with Crippen molar-refractivity contribution in [2.75, 3.05) is 31.4 Å². The molecular weight excluding hydrogens is 386 g/mol. The van der Waals surface area contributed by atoms with Crippen LogP contribution in [0.2, 0.25) is 5.02 Å². The number of thiazole rings is 1. The second-order valence-electron chi connectivity index (χ2n) is 5.47. The van der Waals surface area contributed by atoms with Crippen molar-refractivity contribution in [1.29, 1.82) is 0 Å². The molecule has 8 heteroatoms. The molecule has 0 aliphatic carbocycles. The largest absolute Gasteiger partial charge is 0.495 e. The molecule has 140 valence electrons. The van der Waals surface area contributed by atoms with Gasteiger partial charge in [0.25, 0.3) is 5.91 Å². The summed E-state index contributed by atoms with van der Waals surface area (Å²) in [5.41, 5.74) is 2.23. The molecule has 1 heterocycles. The summed E-state index contributed by atoms with van der Waals surface area (Å²) < 4.78 is 10.8. The molecule has 0 radical (unpaired) electrons. The van der Waals surface area contributed by atoms with Gasteiger partial charge in [-0.2, -0.15) is 0 Å². The fourth-order valence-corrected chi connectivity index (χ4v) is 3.25. The number of hydrogen-bond donors (Lipinski definition) is 2. The van der Waals surface area contributed by atoms with E-state index in [1.54, 1.807) is 37.4 Å². The number of ether oxygens (including phenoxy) is 2. The van der Waals surface area contributed by atoms with Gasteiger partial charge in [-0.05, 0) is 30.3 Å². The minimum Gasteiger partial charge on any atom is -0.495 e. The highest BCUT2D eigenvalue weighted by molar-refractivity contribution is 7.14. The number of nitrogens with one attached hydrogen (secondary N) is 2. The van der Waals surface area contributed by atoms with E-state index in [0.29, 0.717) is 22.2 Å². The van der Waals surface area contributed by atoms with Gasteiger partial charge in [-0.1, -0.05) is 23.7 Å². The van der Waals surface area contributed by atoms with Crippen LogP contribution < -0.4 is 20.1 Å². The lowest BCUT2D eigenvalue weighted by molar-refractivity contribution is -0.118. The predicted molar refractivity (Wildman–Crippen MR) is 109 cm³/mol. The van der Waals surface area contributed by atoms with E-state index in [9.17, 15) is 4.79 Å². The van der Waals surface area contributed by atoms with Crippen molar-refractivity contribution < 1.29 is 14.3 Å². The predicted octanol–water partition coefficient (Wildman–Crippen LogP) is 4.53. The van der Waals surface area contributed by atoms with Crippen LogP contribution in [0.5, 0.6) is 11.5 Å². The van der Waals surface area contributed by atoms with Gasteiger partial charge in [0.05, 0.1) is 23.5 Å². The van der Waals surface area contributed by atoms with Crippen molar-refractivity contribution >= 4 is 39.7 Å². The Hall–Kier alpha value is -2.77. The third kappa shape index (κ3) is 4.69. The lowest BCUT2D eigenvalue weighted by Gasteiger charge is -2.12. The number of rotatable bonds is 7. The maximum Gasteiger partial charge on any atom is 0.262 e. The first-order valence-electron chi connectivity index (χ1n) is 8.09. The molecule has 3 aromatic rings. The van der Waals surface area contributed by atoms with Crippen LogP contribution in [0.25, 0.3) is 11.3 Å². The smallest absolute Gasteiger partial charge is 0.262 e. The van der Waals surface area contributed by atoms with Crippen molar-refractivity contribution in [3.8, 4) is 22.8 Å². The second kappa shape index (κ2) is 8.75. The van der Waals surface area contributed by atoms with E-state index in [1.165, 1.54) is 11.3 Å². The van der Waals surface area contributed by atoms with Gasteiger partial charge in [0.2, 0.25) is 0 Å². The number of amides is 1. The fourth-order valence-electron chi connectivity index (χ4n) is 2.38. The summed E-state index contributed by atoms with van der Waals surface area (Å²) in [4.78, 5) is 16.8.